The minimum absolute atomic E-state index is 0.395. The molecule has 2 unspecified atom stereocenters. The van der Waals surface area contributed by atoms with Crippen molar-refractivity contribution in [3.05, 3.63) is 29.8 Å². The van der Waals surface area contributed by atoms with Gasteiger partial charge in [0.05, 0.1) is 19.3 Å². The van der Waals surface area contributed by atoms with Gasteiger partial charge in [-0.2, -0.15) is 0 Å². The lowest BCUT2D eigenvalue weighted by Crippen LogP contribution is -2.45. The zero-order chi connectivity index (χ0) is 14.4. The predicted octanol–water partition coefficient (Wildman–Crippen LogP) is 3.36. The maximum atomic E-state index is 5.63. The largest absolute Gasteiger partial charge is 0.377 e. The third-order valence-corrected chi connectivity index (χ3v) is 4.11. The molecule has 2 rings (SSSR count). The van der Waals surface area contributed by atoms with Gasteiger partial charge in [-0.25, -0.2) is 0 Å². The second kappa shape index (κ2) is 7.65. The molecule has 20 heavy (non-hydrogen) atoms. The number of morpholine rings is 1. The van der Waals surface area contributed by atoms with E-state index in [2.05, 4.69) is 55.3 Å². The molecular formula is C17H28N2O. The van der Waals surface area contributed by atoms with Crippen LogP contribution in [0.5, 0.6) is 0 Å². The Morgan fingerprint density at radius 3 is 2.90 bits per heavy atom. The molecule has 0 radical (unpaired) electrons. The van der Waals surface area contributed by atoms with Crippen molar-refractivity contribution in [1.29, 1.82) is 0 Å². The molecule has 1 aliphatic rings. The molecule has 0 spiro atoms. The molecule has 1 saturated heterocycles. The van der Waals surface area contributed by atoms with Crippen molar-refractivity contribution < 1.29 is 4.74 Å². The van der Waals surface area contributed by atoms with Crippen LogP contribution in [0.25, 0.3) is 0 Å². The summed E-state index contributed by atoms with van der Waals surface area (Å²) in [6.07, 6.45) is 2.30. The molecule has 1 aromatic carbocycles. The summed E-state index contributed by atoms with van der Waals surface area (Å²) in [7, 11) is 0. The number of hydrogen-bond acceptors (Lipinski definition) is 3. The average molecular weight is 276 g/mol. The second-order valence-electron chi connectivity index (χ2n) is 5.57. The predicted molar refractivity (Wildman–Crippen MR) is 85.4 cm³/mol. The third kappa shape index (κ3) is 3.53. The Morgan fingerprint density at radius 1 is 1.35 bits per heavy atom. The summed E-state index contributed by atoms with van der Waals surface area (Å²) < 4.78 is 5.63. The minimum atomic E-state index is 0.395. The highest BCUT2D eigenvalue weighted by Crippen LogP contribution is 2.29. The lowest BCUT2D eigenvalue weighted by atomic mass is 10.0. The smallest absolute Gasteiger partial charge is 0.0670 e. The van der Waals surface area contributed by atoms with Crippen LogP contribution >= 0.6 is 0 Å². The van der Waals surface area contributed by atoms with Gasteiger partial charge < -0.3 is 15.0 Å². The molecule has 112 valence electrons. The van der Waals surface area contributed by atoms with Gasteiger partial charge >= 0.3 is 0 Å². The fourth-order valence-corrected chi connectivity index (χ4v) is 2.90. The van der Waals surface area contributed by atoms with E-state index in [9.17, 15) is 0 Å². The Bertz CT molecular complexity index is 408. The fraction of sp³-hybridized carbons (Fsp3) is 0.647. The molecule has 1 aromatic rings. The molecule has 1 fully saturated rings. The lowest BCUT2D eigenvalue weighted by Gasteiger charge is -2.38. The van der Waals surface area contributed by atoms with Crippen LogP contribution in [0, 0.1) is 0 Å². The zero-order valence-corrected chi connectivity index (χ0v) is 13.1. The quantitative estimate of drug-likeness (QED) is 0.862. The van der Waals surface area contributed by atoms with Crippen LogP contribution in [0.2, 0.25) is 0 Å². The molecule has 0 amide bonds. The second-order valence-corrected chi connectivity index (χ2v) is 5.57. The number of rotatable bonds is 6. The SMILES string of the molecule is CCCNC(C)c1ccccc1N1CCOCC1CC. The summed E-state index contributed by atoms with van der Waals surface area (Å²) in [6, 6.07) is 9.70. The monoisotopic (exact) mass is 276 g/mol. The Hall–Kier alpha value is -1.06. The van der Waals surface area contributed by atoms with E-state index in [1.54, 1.807) is 0 Å². The van der Waals surface area contributed by atoms with Gasteiger partial charge in [-0.3, -0.25) is 0 Å². The number of para-hydroxylation sites is 1. The highest BCUT2D eigenvalue weighted by Gasteiger charge is 2.24. The number of hydrogen-bond donors (Lipinski definition) is 1. The number of nitrogens with one attached hydrogen (secondary N) is 1. The summed E-state index contributed by atoms with van der Waals surface area (Å²) in [5.41, 5.74) is 2.78. The molecule has 1 N–H and O–H groups in total. The Balaban J connectivity index is 2.21. The highest BCUT2D eigenvalue weighted by molar-refractivity contribution is 5.56. The van der Waals surface area contributed by atoms with Gasteiger partial charge in [0.25, 0.3) is 0 Å². The van der Waals surface area contributed by atoms with Gasteiger partial charge in [0.1, 0.15) is 0 Å². The van der Waals surface area contributed by atoms with E-state index in [0.717, 1.165) is 32.7 Å². The normalized spacial score (nSPS) is 20.9. The summed E-state index contributed by atoms with van der Waals surface area (Å²) in [4.78, 5) is 2.53. The van der Waals surface area contributed by atoms with E-state index in [1.165, 1.54) is 17.7 Å². The first kappa shape index (κ1) is 15.3. The van der Waals surface area contributed by atoms with Gasteiger partial charge in [-0.1, -0.05) is 32.0 Å². The molecule has 0 aromatic heterocycles. The van der Waals surface area contributed by atoms with Crippen molar-refractivity contribution >= 4 is 5.69 Å². The fourth-order valence-electron chi connectivity index (χ4n) is 2.90. The number of anilines is 1. The minimum Gasteiger partial charge on any atom is -0.377 e. The van der Waals surface area contributed by atoms with E-state index in [-0.39, 0.29) is 0 Å². The number of nitrogens with zero attached hydrogens (tertiary/aromatic N) is 1. The van der Waals surface area contributed by atoms with E-state index >= 15 is 0 Å². The van der Waals surface area contributed by atoms with Crippen molar-refractivity contribution in [2.24, 2.45) is 0 Å². The van der Waals surface area contributed by atoms with Crippen LogP contribution in [-0.4, -0.2) is 32.3 Å². The van der Waals surface area contributed by atoms with Gasteiger partial charge in [0, 0.05) is 18.3 Å². The van der Waals surface area contributed by atoms with Crippen LogP contribution in [0.3, 0.4) is 0 Å². The third-order valence-electron chi connectivity index (χ3n) is 4.11. The maximum absolute atomic E-state index is 5.63. The van der Waals surface area contributed by atoms with Crippen molar-refractivity contribution in [2.75, 3.05) is 31.2 Å². The van der Waals surface area contributed by atoms with Crippen molar-refractivity contribution in [1.82, 2.24) is 5.32 Å². The standard InChI is InChI=1S/C17H28N2O/c1-4-10-18-14(3)16-8-6-7-9-17(16)19-11-12-20-13-15(19)5-2/h6-9,14-15,18H,4-5,10-13H2,1-3H3. The Labute approximate surface area is 123 Å². The van der Waals surface area contributed by atoms with E-state index in [0.29, 0.717) is 12.1 Å². The first-order chi connectivity index (χ1) is 9.77. The maximum Gasteiger partial charge on any atom is 0.0670 e. The van der Waals surface area contributed by atoms with Crippen molar-refractivity contribution in [3.8, 4) is 0 Å². The first-order valence-corrected chi connectivity index (χ1v) is 7.94. The summed E-state index contributed by atoms with van der Waals surface area (Å²) in [5.74, 6) is 0. The zero-order valence-electron chi connectivity index (χ0n) is 13.1. The average Bonchev–Trinajstić information content (AvgIpc) is 2.52. The summed E-state index contributed by atoms with van der Waals surface area (Å²) in [5, 5.41) is 3.60. The highest BCUT2D eigenvalue weighted by atomic mass is 16.5. The molecule has 0 bridgehead atoms. The van der Waals surface area contributed by atoms with Crippen LogP contribution in [-0.2, 0) is 4.74 Å². The Morgan fingerprint density at radius 2 is 2.15 bits per heavy atom. The topological polar surface area (TPSA) is 24.5 Å². The summed E-state index contributed by atoms with van der Waals surface area (Å²) in [6.45, 7) is 10.5. The lowest BCUT2D eigenvalue weighted by molar-refractivity contribution is 0.0928. The van der Waals surface area contributed by atoms with Gasteiger partial charge in [-0.05, 0) is 37.9 Å². The van der Waals surface area contributed by atoms with Crippen LogP contribution in [0.1, 0.15) is 45.2 Å². The van der Waals surface area contributed by atoms with E-state index in [4.69, 9.17) is 4.74 Å². The van der Waals surface area contributed by atoms with Crippen LogP contribution in [0.15, 0.2) is 24.3 Å². The Kier molecular flexibility index (Phi) is 5.86. The first-order valence-electron chi connectivity index (χ1n) is 7.94. The molecule has 2 atom stereocenters. The molecule has 0 saturated carbocycles. The van der Waals surface area contributed by atoms with E-state index < -0.39 is 0 Å². The molecular weight excluding hydrogens is 248 g/mol. The molecule has 3 nitrogen and oxygen atoms in total. The van der Waals surface area contributed by atoms with Gasteiger partial charge in [-0.15, -0.1) is 0 Å². The van der Waals surface area contributed by atoms with Crippen molar-refractivity contribution in [2.45, 2.75) is 45.7 Å². The molecule has 1 heterocycles. The van der Waals surface area contributed by atoms with E-state index in [1.807, 2.05) is 0 Å². The molecule has 0 aliphatic carbocycles. The van der Waals surface area contributed by atoms with Crippen LogP contribution < -0.4 is 10.2 Å². The number of benzene rings is 1. The molecule has 3 heteroatoms. The van der Waals surface area contributed by atoms with Gasteiger partial charge in [0.2, 0.25) is 0 Å². The molecule has 1 aliphatic heterocycles. The van der Waals surface area contributed by atoms with Crippen molar-refractivity contribution in [3.63, 3.8) is 0 Å². The van der Waals surface area contributed by atoms with Gasteiger partial charge in [0.15, 0.2) is 0 Å². The summed E-state index contributed by atoms with van der Waals surface area (Å²) >= 11 is 0. The van der Waals surface area contributed by atoms with Crippen LogP contribution in [0.4, 0.5) is 5.69 Å². The number of ether oxygens (including phenoxy) is 1.